The number of nitrogens with zero attached hydrogens (tertiary/aromatic N) is 3. The molecule has 0 aliphatic heterocycles. The summed E-state index contributed by atoms with van der Waals surface area (Å²) in [6, 6.07) is 13.6. The average molecular weight is 269 g/mol. The van der Waals surface area contributed by atoms with Gasteiger partial charge in [-0.2, -0.15) is 9.50 Å². The zero-order valence-electron chi connectivity index (χ0n) is 11.1. The van der Waals surface area contributed by atoms with Gasteiger partial charge in [0.15, 0.2) is 5.65 Å². The van der Waals surface area contributed by atoms with Crippen LogP contribution in [0, 0.1) is 0 Å². The van der Waals surface area contributed by atoms with Crippen molar-refractivity contribution in [1.82, 2.24) is 14.6 Å². The molecule has 0 aliphatic carbocycles. The molecule has 0 amide bonds. The van der Waals surface area contributed by atoms with Crippen LogP contribution in [-0.4, -0.2) is 21.7 Å². The zero-order valence-corrected chi connectivity index (χ0v) is 11.1. The molecule has 6 nitrogen and oxygen atoms in total. The average Bonchev–Trinajstić information content (AvgIpc) is 2.86. The van der Waals surface area contributed by atoms with E-state index >= 15 is 0 Å². The summed E-state index contributed by atoms with van der Waals surface area (Å²) in [4.78, 5) is 4.12. The van der Waals surface area contributed by atoms with Crippen molar-refractivity contribution < 1.29 is 4.74 Å². The van der Waals surface area contributed by atoms with Gasteiger partial charge in [0.05, 0.1) is 7.11 Å². The maximum Gasteiger partial charge on any atom is 0.240 e. The first kappa shape index (κ1) is 12.3. The molecule has 6 heteroatoms. The van der Waals surface area contributed by atoms with Crippen molar-refractivity contribution in [3.8, 4) is 5.75 Å². The van der Waals surface area contributed by atoms with Crippen LogP contribution in [0.25, 0.3) is 5.65 Å². The van der Waals surface area contributed by atoms with Crippen LogP contribution in [0.2, 0.25) is 0 Å². The van der Waals surface area contributed by atoms with E-state index in [2.05, 4.69) is 15.4 Å². The normalized spacial score (nSPS) is 10.7. The summed E-state index contributed by atoms with van der Waals surface area (Å²) in [5, 5.41) is 7.47. The SMILES string of the molecule is COc1ccc(CNc2cccc3nc(N)nn23)cc1. The molecule has 20 heavy (non-hydrogen) atoms. The van der Waals surface area contributed by atoms with E-state index in [0.29, 0.717) is 6.54 Å². The molecule has 0 fully saturated rings. The van der Waals surface area contributed by atoms with E-state index < -0.39 is 0 Å². The summed E-state index contributed by atoms with van der Waals surface area (Å²) in [5.74, 6) is 1.96. The Balaban J connectivity index is 1.79. The quantitative estimate of drug-likeness (QED) is 0.756. The minimum Gasteiger partial charge on any atom is -0.497 e. The number of aromatic nitrogens is 3. The predicted octanol–water partition coefficient (Wildman–Crippen LogP) is 1.93. The molecule has 102 valence electrons. The molecular weight excluding hydrogens is 254 g/mol. The largest absolute Gasteiger partial charge is 0.497 e. The van der Waals surface area contributed by atoms with Gasteiger partial charge in [-0.25, -0.2) is 0 Å². The summed E-state index contributed by atoms with van der Waals surface area (Å²) < 4.78 is 6.83. The number of anilines is 2. The summed E-state index contributed by atoms with van der Waals surface area (Å²) >= 11 is 0. The minimum atomic E-state index is 0.267. The van der Waals surface area contributed by atoms with E-state index in [1.54, 1.807) is 11.6 Å². The Labute approximate surface area is 116 Å². The fourth-order valence-electron chi connectivity index (χ4n) is 1.99. The Morgan fingerprint density at radius 3 is 2.75 bits per heavy atom. The first-order valence-electron chi connectivity index (χ1n) is 6.24. The molecule has 0 bridgehead atoms. The van der Waals surface area contributed by atoms with E-state index in [9.17, 15) is 0 Å². The molecule has 1 aromatic carbocycles. The zero-order chi connectivity index (χ0) is 13.9. The van der Waals surface area contributed by atoms with E-state index in [0.717, 1.165) is 22.8 Å². The Hall–Kier alpha value is -2.76. The second-order valence-corrected chi connectivity index (χ2v) is 4.35. The van der Waals surface area contributed by atoms with E-state index in [1.807, 2.05) is 42.5 Å². The van der Waals surface area contributed by atoms with Crippen molar-refractivity contribution in [2.75, 3.05) is 18.2 Å². The number of hydrogen-bond donors (Lipinski definition) is 2. The highest BCUT2D eigenvalue weighted by molar-refractivity contribution is 5.51. The molecule has 0 radical (unpaired) electrons. The van der Waals surface area contributed by atoms with Crippen LogP contribution >= 0.6 is 0 Å². The fraction of sp³-hybridized carbons (Fsp3) is 0.143. The third kappa shape index (κ3) is 2.35. The Morgan fingerprint density at radius 2 is 2.00 bits per heavy atom. The van der Waals surface area contributed by atoms with Crippen LogP contribution in [0.5, 0.6) is 5.75 Å². The van der Waals surface area contributed by atoms with Crippen LogP contribution in [0.1, 0.15) is 5.56 Å². The molecule has 3 rings (SSSR count). The maximum atomic E-state index is 5.61. The monoisotopic (exact) mass is 269 g/mol. The van der Waals surface area contributed by atoms with Gasteiger partial charge in [-0.1, -0.05) is 18.2 Å². The lowest BCUT2D eigenvalue weighted by molar-refractivity contribution is 0.414. The number of hydrogen-bond acceptors (Lipinski definition) is 5. The molecule has 0 atom stereocenters. The van der Waals surface area contributed by atoms with Gasteiger partial charge in [0.1, 0.15) is 11.6 Å². The van der Waals surface area contributed by atoms with Crippen molar-refractivity contribution in [1.29, 1.82) is 0 Å². The fourth-order valence-corrected chi connectivity index (χ4v) is 1.99. The first-order chi connectivity index (χ1) is 9.76. The second kappa shape index (κ2) is 5.08. The topological polar surface area (TPSA) is 77.5 Å². The van der Waals surface area contributed by atoms with Crippen molar-refractivity contribution in [2.45, 2.75) is 6.54 Å². The van der Waals surface area contributed by atoms with Crippen LogP contribution in [-0.2, 0) is 6.54 Å². The Bertz CT molecular complexity index is 720. The molecular formula is C14H15N5O. The number of pyridine rings is 1. The van der Waals surface area contributed by atoms with Gasteiger partial charge in [-0.15, -0.1) is 5.10 Å². The molecule has 0 unspecified atom stereocenters. The highest BCUT2D eigenvalue weighted by Gasteiger charge is 2.04. The van der Waals surface area contributed by atoms with Crippen molar-refractivity contribution >= 4 is 17.4 Å². The number of rotatable bonds is 4. The smallest absolute Gasteiger partial charge is 0.240 e. The van der Waals surface area contributed by atoms with E-state index in [-0.39, 0.29) is 5.95 Å². The van der Waals surface area contributed by atoms with Crippen LogP contribution in [0.4, 0.5) is 11.8 Å². The number of fused-ring (bicyclic) bond motifs is 1. The highest BCUT2D eigenvalue weighted by Crippen LogP contribution is 2.15. The standard InChI is InChI=1S/C14H15N5O/c1-20-11-7-5-10(6-8-11)9-16-12-3-2-4-13-17-14(15)18-19(12)13/h2-8,16H,9H2,1H3,(H2,15,18). The number of nitrogen functional groups attached to an aromatic ring is 1. The van der Waals surface area contributed by atoms with E-state index in [4.69, 9.17) is 10.5 Å². The number of nitrogens with one attached hydrogen (secondary N) is 1. The summed E-state index contributed by atoms with van der Waals surface area (Å²) in [6.45, 7) is 0.683. The lowest BCUT2D eigenvalue weighted by atomic mass is 10.2. The third-order valence-corrected chi connectivity index (χ3v) is 3.01. The van der Waals surface area contributed by atoms with E-state index in [1.165, 1.54) is 0 Å². The Kier molecular flexibility index (Phi) is 3.12. The highest BCUT2D eigenvalue weighted by atomic mass is 16.5. The number of nitrogens with two attached hydrogens (primary N) is 1. The van der Waals surface area contributed by atoms with Crippen molar-refractivity contribution in [2.24, 2.45) is 0 Å². The van der Waals surface area contributed by atoms with Crippen molar-refractivity contribution in [3.05, 3.63) is 48.0 Å². The summed E-state index contributed by atoms with van der Waals surface area (Å²) in [7, 11) is 1.66. The van der Waals surface area contributed by atoms with Gasteiger partial charge < -0.3 is 15.8 Å². The van der Waals surface area contributed by atoms with Gasteiger partial charge in [0.25, 0.3) is 0 Å². The van der Waals surface area contributed by atoms with Crippen molar-refractivity contribution in [3.63, 3.8) is 0 Å². The predicted molar refractivity (Wildman–Crippen MR) is 77.7 cm³/mol. The molecule has 0 spiro atoms. The number of benzene rings is 1. The molecule has 0 saturated heterocycles. The van der Waals surface area contributed by atoms with Gasteiger partial charge in [-0.05, 0) is 29.8 Å². The van der Waals surface area contributed by atoms with Gasteiger partial charge in [0, 0.05) is 6.54 Å². The molecule has 3 aromatic rings. The third-order valence-electron chi connectivity index (χ3n) is 3.01. The number of ether oxygens (including phenoxy) is 1. The Morgan fingerprint density at radius 1 is 1.20 bits per heavy atom. The lowest BCUT2D eigenvalue weighted by Gasteiger charge is -2.08. The minimum absolute atomic E-state index is 0.267. The van der Waals surface area contributed by atoms with Crippen LogP contribution < -0.4 is 15.8 Å². The second-order valence-electron chi connectivity index (χ2n) is 4.35. The number of methoxy groups -OCH3 is 1. The molecule has 0 aliphatic rings. The van der Waals surface area contributed by atoms with Gasteiger partial charge in [0.2, 0.25) is 5.95 Å². The molecule has 0 saturated carbocycles. The first-order valence-corrected chi connectivity index (χ1v) is 6.24. The maximum absolute atomic E-state index is 5.61. The molecule has 2 heterocycles. The van der Waals surface area contributed by atoms with Crippen LogP contribution in [0.15, 0.2) is 42.5 Å². The summed E-state index contributed by atoms with van der Waals surface area (Å²) in [5.41, 5.74) is 7.49. The molecule has 2 aromatic heterocycles. The molecule has 3 N–H and O–H groups in total. The van der Waals surface area contributed by atoms with Gasteiger partial charge in [-0.3, -0.25) is 0 Å². The van der Waals surface area contributed by atoms with Gasteiger partial charge >= 0.3 is 0 Å². The van der Waals surface area contributed by atoms with Crippen LogP contribution in [0.3, 0.4) is 0 Å². The summed E-state index contributed by atoms with van der Waals surface area (Å²) in [6.07, 6.45) is 0. The lowest BCUT2D eigenvalue weighted by Crippen LogP contribution is -2.05.